The van der Waals surface area contributed by atoms with Gasteiger partial charge in [0.2, 0.25) is 10.0 Å². The lowest BCUT2D eigenvalue weighted by molar-refractivity contribution is 0.0761. The Labute approximate surface area is 173 Å². The second-order valence-corrected chi connectivity index (χ2v) is 11.1. The van der Waals surface area contributed by atoms with Gasteiger partial charge in [0, 0.05) is 50.3 Å². The summed E-state index contributed by atoms with van der Waals surface area (Å²) in [5.41, 5.74) is 1.74. The number of amides is 1. The first-order chi connectivity index (χ1) is 13.8. The molecule has 2 atom stereocenters. The van der Waals surface area contributed by atoms with E-state index in [1.165, 1.54) is 0 Å². The fraction of sp³-hybridized carbons (Fsp3) is 0.591. The van der Waals surface area contributed by atoms with Crippen molar-refractivity contribution in [1.29, 1.82) is 0 Å². The first-order valence-electron chi connectivity index (χ1n) is 10.6. The van der Waals surface area contributed by atoms with E-state index >= 15 is 0 Å². The standard InChI is InChI=1S/C22H31N3O3S/c1-16(2)8-13-25-14-17-9-11-24(12-10-21(17)29(25,27)28)22(26)19-15-23(3)20-7-5-4-6-18(19)20/h4-7,15-17,21H,8-14H2,1-3H3/t17-,21-/m1/s1. The molecule has 2 aliphatic rings. The molecule has 2 saturated heterocycles. The van der Waals surface area contributed by atoms with E-state index in [4.69, 9.17) is 0 Å². The number of sulfonamides is 1. The van der Waals surface area contributed by atoms with Crippen LogP contribution in [0.15, 0.2) is 30.5 Å². The monoisotopic (exact) mass is 417 g/mol. The molecule has 158 valence electrons. The van der Waals surface area contributed by atoms with Gasteiger partial charge in [-0.2, -0.15) is 0 Å². The maximum Gasteiger partial charge on any atom is 0.256 e. The predicted molar refractivity (Wildman–Crippen MR) is 115 cm³/mol. The second kappa shape index (κ2) is 7.76. The van der Waals surface area contributed by atoms with Gasteiger partial charge in [-0.15, -0.1) is 0 Å². The zero-order valence-corrected chi connectivity index (χ0v) is 18.4. The minimum absolute atomic E-state index is 0.0100. The zero-order chi connectivity index (χ0) is 20.8. The number of nitrogens with zero attached hydrogens (tertiary/aromatic N) is 3. The van der Waals surface area contributed by atoms with Crippen LogP contribution in [0.4, 0.5) is 0 Å². The zero-order valence-electron chi connectivity index (χ0n) is 17.5. The Bertz CT molecular complexity index is 1010. The highest BCUT2D eigenvalue weighted by atomic mass is 32.2. The van der Waals surface area contributed by atoms with Crippen molar-refractivity contribution in [2.24, 2.45) is 18.9 Å². The molecule has 2 aromatic rings. The van der Waals surface area contributed by atoms with Crippen LogP contribution in [0.25, 0.3) is 10.9 Å². The molecule has 29 heavy (non-hydrogen) atoms. The lowest BCUT2D eigenvalue weighted by Gasteiger charge is -2.22. The summed E-state index contributed by atoms with van der Waals surface area (Å²) >= 11 is 0. The van der Waals surface area contributed by atoms with E-state index in [1.807, 2.05) is 47.0 Å². The Kier molecular flexibility index (Phi) is 5.46. The van der Waals surface area contributed by atoms with Crippen LogP contribution >= 0.6 is 0 Å². The van der Waals surface area contributed by atoms with Crippen molar-refractivity contribution in [2.75, 3.05) is 26.2 Å². The number of likely N-dealkylation sites (tertiary alicyclic amines) is 1. The van der Waals surface area contributed by atoms with Gasteiger partial charge < -0.3 is 9.47 Å². The average Bonchev–Trinajstić information content (AvgIpc) is 3.02. The quantitative estimate of drug-likeness (QED) is 0.768. The number of aromatic nitrogens is 1. The molecule has 0 spiro atoms. The molecular weight excluding hydrogens is 386 g/mol. The normalized spacial score (nSPS) is 24.8. The number of hydrogen-bond donors (Lipinski definition) is 0. The maximum absolute atomic E-state index is 13.3. The summed E-state index contributed by atoms with van der Waals surface area (Å²) in [7, 11) is -1.31. The third-order valence-corrected chi connectivity index (χ3v) is 8.97. The van der Waals surface area contributed by atoms with Crippen molar-refractivity contribution < 1.29 is 13.2 Å². The molecule has 1 amide bonds. The number of rotatable bonds is 4. The van der Waals surface area contributed by atoms with E-state index in [2.05, 4.69) is 13.8 Å². The molecular formula is C22H31N3O3S. The molecule has 0 saturated carbocycles. The smallest absolute Gasteiger partial charge is 0.256 e. The summed E-state index contributed by atoms with van der Waals surface area (Å²) in [5, 5.41) is 0.608. The Morgan fingerprint density at radius 3 is 2.66 bits per heavy atom. The van der Waals surface area contributed by atoms with Gasteiger partial charge in [-0.3, -0.25) is 4.79 Å². The van der Waals surface area contributed by atoms with E-state index in [1.54, 1.807) is 4.31 Å². The minimum atomic E-state index is -3.26. The second-order valence-electron chi connectivity index (χ2n) is 8.92. The molecule has 0 radical (unpaired) electrons. The molecule has 1 aromatic carbocycles. The lowest BCUT2D eigenvalue weighted by Crippen LogP contribution is -2.35. The summed E-state index contributed by atoms with van der Waals surface area (Å²) in [6.07, 6.45) is 4.06. The van der Waals surface area contributed by atoms with E-state index in [0.29, 0.717) is 44.1 Å². The van der Waals surface area contributed by atoms with Gasteiger partial charge in [0.1, 0.15) is 0 Å². The first kappa shape index (κ1) is 20.4. The molecule has 0 N–H and O–H groups in total. The summed E-state index contributed by atoms with van der Waals surface area (Å²) in [6.45, 7) is 6.59. The minimum Gasteiger partial charge on any atom is -0.350 e. The van der Waals surface area contributed by atoms with Crippen LogP contribution < -0.4 is 0 Å². The van der Waals surface area contributed by atoms with Gasteiger partial charge in [-0.05, 0) is 37.2 Å². The van der Waals surface area contributed by atoms with Crippen molar-refractivity contribution >= 4 is 26.8 Å². The van der Waals surface area contributed by atoms with Crippen LogP contribution in [0.2, 0.25) is 0 Å². The molecule has 6 nitrogen and oxygen atoms in total. The number of carbonyl (C=O) groups is 1. The maximum atomic E-state index is 13.3. The fourth-order valence-electron chi connectivity index (χ4n) is 4.80. The van der Waals surface area contributed by atoms with E-state index < -0.39 is 10.0 Å². The Morgan fingerprint density at radius 1 is 1.17 bits per heavy atom. The number of fused-ring (bicyclic) bond motifs is 2. The largest absolute Gasteiger partial charge is 0.350 e. The van der Waals surface area contributed by atoms with Crippen LogP contribution in [-0.2, 0) is 17.1 Å². The van der Waals surface area contributed by atoms with E-state index in [-0.39, 0.29) is 17.1 Å². The van der Waals surface area contributed by atoms with Crippen molar-refractivity contribution in [3.8, 4) is 0 Å². The SMILES string of the molecule is CC(C)CCN1C[C@H]2CCN(C(=O)c3cn(C)c4ccccc34)CC[C@H]2S1(=O)=O. The average molecular weight is 418 g/mol. The Morgan fingerprint density at radius 2 is 1.90 bits per heavy atom. The van der Waals surface area contributed by atoms with E-state index in [0.717, 1.165) is 23.7 Å². The predicted octanol–water partition coefficient (Wildman–Crippen LogP) is 3.09. The molecule has 0 aliphatic carbocycles. The fourth-order valence-corrected chi connectivity index (χ4v) is 7.06. The topological polar surface area (TPSA) is 62.6 Å². The number of para-hydroxylation sites is 1. The van der Waals surface area contributed by atoms with E-state index in [9.17, 15) is 13.2 Å². The van der Waals surface area contributed by atoms with Crippen molar-refractivity contribution in [1.82, 2.24) is 13.8 Å². The molecule has 7 heteroatoms. The molecule has 1 aromatic heterocycles. The highest BCUT2D eigenvalue weighted by Gasteiger charge is 2.47. The van der Waals surface area contributed by atoms with Crippen LogP contribution in [0.5, 0.6) is 0 Å². The molecule has 4 rings (SSSR count). The molecule has 2 aliphatic heterocycles. The number of hydrogen-bond acceptors (Lipinski definition) is 3. The van der Waals surface area contributed by atoms with Gasteiger partial charge >= 0.3 is 0 Å². The van der Waals surface area contributed by atoms with Gasteiger partial charge in [0.15, 0.2) is 0 Å². The molecule has 2 fully saturated rings. The third kappa shape index (κ3) is 3.70. The van der Waals surface area contributed by atoms with Crippen LogP contribution in [-0.4, -0.2) is 59.5 Å². The van der Waals surface area contributed by atoms with Gasteiger partial charge in [-0.25, -0.2) is 12.7 Å². The van der Waals surface area contributed by atoms with Crippen LogP contribution in [0, 0.1) is 11.8 Å². The van der Waals surface area contributed by atoms with Crippen molar-refractivity contribution in [2.45, 2.75) is 38.4 Å². The summed E-state index contributed by atoms with van der Waals surface area (Å²) < 4.78 is 29.8. The molecule has 0 bridgehead atoms. The van der Waals surface area contributed by atoms with Gasteiger partial charge in [0.05, 0.1) is 10.8 Å². The molecule has 3 heterocycles. The molecule has 0 unspecified atom stereocenters. The van der Waals surface area contributed by atoms with Crippen molar-refractivity contribution in [3.63, 3.8) is 0 Å². The van der Waals surface area contributed by atoms with Gasteiger partial charge in [-0.1, -0.05) is 32.0 Å². The highest BCUT2D eigenvalue weighted by molar-refractivity contribution is 7.90. The highest BCUT2D eigenvalue weighted by Crippen LogP contribution is 2.35. The Balaban J connectivity index is 1.50. The number of benzene rings is 1. The number of carbonyl (C=O) groups excluding carboxylic acids is 1. The van der Waals surface area contributed by atoms with Gasteiger partial charge in [0.25, 0.3) is 5.91 Å². The first-order valence-corrected chi connectivity index (χ1v) is 12.1. The van der Waals surface area contributed by atoms with Crippen LogP contribution in [0.1, 0.15) is 43.5 Å². The van der Waals surface area contributed by atoms with Crippen LogP contribution in [0.3, 0.4) is 0 Å². The number of aryl methyl sites for hydroxylation is 1. The van der Waals surface area contributed by atoms with Crippen molar-refractivity contribution in [3.05, 3.63) is 36.0 Å². The lowest BCUT2D eigenvalue weighted by atomic mass is 10.0. The Hall–Kier alpha value is -1.86. The third-order valence-electron chi connectivity index (χ3n) is 6.53. The summed E-state index contributed by atoms with van der Waals surface area (Å²) in [6, 6.07) is 7.91. The summed E-state index contributed by atoms with van der Waals surface area (Å²) in [5.74, 6) is 0.623. The summed E-state index contributed by atoms with van der Waals surface area (Å²) in [4.78, 5) is 15.1.